The highest BCUT2D eigenvalue weighted by Gasteiger charge is 2.14. The highest BCUT2D eigenvalue weighted by molar-refractivity contribution is 5.83. The molecule has 1 amide bonds. The van der Waals surface area contributed by atoms with Crippen molar-refractivity contribution in [2.45, 2.75) is 26.2 Å². The standard InChI is InChI=1S/C15H24N2O2/c1-4-8-16-9-10-17-15(18)12(2)13-6-5-7-14(11-13)19-3/h5-7,11-12,16H,4,8-10H2,1-3H3,(H,17,18). The van der Waals surface area contributed by atoms with Crippen LogP contribution in [-0.2, 0) is 4.79 Å². The van der Waals surface area contributed by atoms with Gasteiger partial charge in [0, 0.05) is 13.1 Å². The Labute approximate surface area is 115 Å². The Bertz CT molecular complexity index is 393. The third-order valence-corrected chi connectivity index (χ3v) is 3.01. The van der Waals surface area contributed by atoms with Gasteiger partial charge in [-0.1, -0.05) is 19.1 Å². The molecule has 0 aliphatic heterocycles. The summed E-state index contributed by atoms with van der Waals surface area (Å²) in [6, 6.07) is 7.63. The number of amides is 1. The SMILES string of the molecule is CCCNCCNC(=O)C(C)c1cccc(OC)c1. The normalized spacial score (nSPS) is 11.9. The largest absolute Gasteiger partial charge is 0.497 e. The van der Waals surface area contributed by atoms with Crippen molar-refractivity contribution in [2.75, 3.05) is 26.7 Å². The van der Waals surface area contributed by atoms with Crippen LogP contribution in [0.15, 0.2) is 24.3 Å². The average molecular weight is 264 g/mol. The zero-order chi connectivity index (χ0) is 14.1. The van der Waals surface area contributed by atoms with Crippen molar-refractivity contribution in [3.63, 3.8) is 0 Å². The monoisotopic (exact) mass is 264 g/mol. The van der Waals surface area contributed by atoms with E-state index in [0.717, 1.165) is 30.8 Å². The smallest absolute Gasteiger partial charge is 0.227 e. The van der Waals surface area contributed by atoms with E-state index in [4.69, 9.17) is 4.74 Å². The van der Waals surface area contributed by atoms with E-state index in [-0.39, 0.29) is 11.8 Å². The van der Waals surface area contributed by atoms with Gasteiger partial charge < -0.3 is 15.4 Å². The first-order valence-corrected chi connectivity index (χ1v) is 6.81. The first kappa shape index (κ1) is 15.5. The van der Waals surface area contributed by atoms with Gasteiger partial charge >= 0.3 is 0 Å². The quantitative estimate of drug-likeness (QED) is 0.705. The Morgan fingerprint density at radius 2 is 2.11 bits per heavy atom. The van der Waals surface area contributed by atoms with Crippen molar-refractivity contribution >= 4 is 5.91 Å². The van der Waals surface area contributed by atoms with Crippen LogP contribution in [-0.4, -0.2) is 32.7 Å². The molecule has 1 rings (SSSR count). The van der Waals surface area contributed by atoms with E-state index in [1.54, 1.807) is 7.11 Å². The van der Waals surface area contributed by atoms with E-state index in [1.165, 1.54) is 0 Å². The lowest BCUT2D eigenvalue weighted by molar-refractivity contribution is -0.122. The molecule has 19 heavy (non-hydrogen) atoms. The molecule has 0 saturated carbocycles. The number of hydrogen-bond donors (Lipinski definition) is 2. The summed E-state index contributed by atoms with van der Waals surface area (Å²) >= 11 is 0. The molecule has 0 radical (unpaired) electrons. The Morgan fingerprint density at radius 3 is 2.79 bits per heavy atom. The van der Waals surface area contributed by atoms with Crippen LogP contribution in [0.2, 0.25) is 0 Å². The molecule has 1 aromatic rings. The third kappa shape index (κ3) is 5.30. The molecule has 0 saturated heterocycles. The van der Waals surface area contributed by atoms with Gasteiger partial charge in [-0.05, 0) is 37.6 Å². The van der Waals surface area contributed by atoms with Crippen LogP contribution in [0.5, 0.6) is 5.75 Å². The predicted octanol–water partition coefficient (Wildman–Crippen LogP) is 1.91. The van der Waals surface area contributed by atoms with Crippen LogP contribution < -0.4 is 15.4 Å². The van der Waals surface area contributed by atoms with Crippen molar-refractivity contribution in [1.29, 1.82) is 0 Å². The van der Waals surface area contributed by atoms with E-state index in [2.05, 4.69) is 17.6 Å². The fourth-order valence-electron chi connectivity index (χ4n) is 1.79. The van der Waals surface area contributed by atoms with E-state index in [0.29, 0.717) is 6.54 Å². The summed E-state index contributed by atoms with van der Waals surface area (Å²) < 4.78 is 5.17. The van der Waals surface area contributed by atoms with E-state index in [9.17, 15) is 4.79 Å². The fourth-order valence-corrected chi connectivity index (χ4v) is 1.79. The van der Waals surface area contributed by atoms with Crippen molar-refractivity contribution in [3.05, 3.63) is 29.8 Å². The molecule has 1 unspecified atom stereocenters. The molecule has 106 valence electrons. The zero-order valence-corrected chi connectivity index (χ0v) is 12.0. The number of carbonyl (C=O) groups excluding carboxylic acids is 1. The van der Waals surface area contributed by atoms with Gasteiger partial charge in [0.2, 0.25) is 5.91 Å². The van der Waals surface area contributed by atoms with Gasteiger partial charge in [0.1, 0.15) is 5.75 Å². The molecule has 0 heterocycles. The summed E-state index contributed by atoms with van der Waals surface area (Å²) in [4.78, 5) is 12.0. The van der Waals surface area contributed by atoms with Crippen molar-refractivity contribution in [1.82, 2.24) is 10.6 Å². The summed E-state index contributed by atoms with van der Waals surface area (Å²) in [7, 11) is 1.63. The minimum Gasteiger partial charge on any atom is -0.497 e. The molecule has 4 nitrogen and oxygen atoms in total. The molecule has 0 fully saturated rings. The summed E-state index contributed by atoms with van der Waals surface area (Å²) in [6.45, 7) is 6.49. The summed E-state index contributed by atoms with van der Waals surface area (Å²) in [5.41, 5.74) is 0.971. The van der Waals surface area contributed by atoms with Gasteiger partial charge in [0.05, 0.1) is 13.0 Å². The molecule has 0 bridgehead atoms. The molecular weight excluding hydrogens is 240 g/mol. The maximum absolute atomic E-state index is 12.0. The zero-order valence-electron chi connectivity index (χ0n) is 12.0. The Morgan fingerprint density at radius 1 is 1.32 bits per heavy atom. The van der Waals surface area contributed by atoms with Crippen LogP contribution in [0.25, 0.3) is 0 Å². The number of rotatable bonds is 8. The Hall–Kier alpha value is -1.55. The van der Waals surface area contributed by atoms with Crippen molar-refractivity contribution < 1.29 is 9.53 Å². The molecule has 2 N–H and O–H groups in total. The van der Waals surface area contributed by atoms with Gasteiger partial charge in [0.25, 0.3) is 0 Å². The maximum Gasteiger partial charge on any atom is 0.227 e. The van der Waals surface area contributed by atoms with Crippen LogP contribution in [0.1, 0.15) is 31.7 Å². The summed E-state index contributed by atoms with van der Waals surface area (Å²) in [5.74, 6) is 0.662. The topological polar surface area (TPSA) is 50.4 Å². The lowest BCUT2D eigenvalue weighted by atomic mass is 10.0. The Kier molecular flexibility index (Phi) is 6.97. The van der Waals surface area contributed by atoms with Gasteiger partial charge in [-0.15, -0.1) is 0 Å². The molecular formula is C15H24N2O2. The van der Waals surface area contributed by atoms with Crippen LogP contribution in [0.3, 0.4) is 0 Å². The number of ether oxygens (including phenoxy) is 1. The van der Waals surface area contributed by atoms with Crippen LogP contribution in [0.4, 0.5) is 0 Å². The fraction of sp³-hybridized carbons (Fsp3) is 0.533. The van der Waals surface area contributed by atoms with Crippen LogP contribution >= 0.6 is 0 Å². The number of benzene rings is 1. The van der Waals surface area contributed by atoms with E-state index >= 15 is 0 Å². The van der Waals surface area contributed by atoms with Crippen molar-refractivity contribution in [2.24, 2.45) is 0 Å². The third-order valence-electron chi connectivity index (χ3n) is 3.01. The highest BCUT2D eigenvalue weighted by Crippen LogP contribution is 2.20. The lowest BCUT2D eigenvalue weighted by Crippen LogP contribution is -2.34. The van der Waals surface area contributed by atoms with Gasteiger partial charge in [-0.2, -0.15) is 0 Å². The average Bonchev–Trinajstić information content (AvgIpc) is 2.46. The van der Waals surface area contributed by atoms with Crippen LogP contribution in [0, 0.1) is 0 Å². The minimum atomic E-state index is -0.165. The van der Waals surface area contributed by atoms with Gasteiger partial charge in [0.15, 0.2) is 0 Å². The molecule has 1 aromatic carbocycles. The van der Waals surface area contributed by atoms with E-state index < -0.39 is 0 Å². The minimum absolute atomic E-state index is 0.0477. The lowest BCUT2D eigenvalue weighted by Gasteiger charge is -2.13. The first-order valence-electron chi connectivity index (χ1n) is 6.81. The number of carbonyl (C=O) groups is 1. The molecule has 0 spiro atoms. The second kappa shape index (κ2) is 8.53. The second-order valence-electron chi connectivity index (χ2n) is 4.54. The van der Waals surface area contributed by atoms with Gasteiger partial charge in [-0.3, -0.25) is 4.79 Å². The highest BCUT2D eigenvalue weighted by atomic mass is 16.5. The second-order valence-corrected chi connectivity index (χ2v) is 4.54. The maximum atomic E-state index is 12.0. The van der Waals surface area contributed by atoms with Crippen molar-refractivity contribution in [3.8, 4) is 5.75 Å². The first-order chi connectivity index (χ1) is 9.19. The molecule has 0 aliphatic rings. The van der Waals surface area contributed by atoms with E-state index in [1.807, 2.05) is 31.2 Å². The Balaban J connectivity index is 2.42. The number of methoxy groups -OCH3 is 1. The predicted molar refractivity (Wildman–Crippen MR) is 77.6 cm³/mol. The van der Waals surface area contributed by atoms with Gasteiger partial charge in [-0.25, -0.2) is 0 Å². The molecule has 1 atom stereocenters. The molecule has 0 aromatic heterocycles. The summed E-state index contributed by atoms with van der Waals surface area (Å²) in [5, 5.41) is 6.19. The molecule has 4 heteroatoms. The molecule has 0 aliphatic carbocycles. The number of hydrogen-bond acceptors (Lipinski definition) is 3. The summed E-state index contributed by atoms with van der Waals surface area (Å²) in [6.07, 6.45) is 1.11. The number of nitrogens with one attached hydrogen (secondary N) is 2.